The highest BCUT2D eigenvalue weighted by Gasteiger charge is 2.36. The fourth-order valence-electron chi connectivity index (χ4n) is 5.04. The van der Waals surface area contributed by atoms with E-state index >= 15 is 0 Å². The van der Waals surface area contributed by atoms with Crippen molar-refractivity contribution in [2.75, 3.05) is 10.6 Å². The smallest absolute Gasteiger partial charge is 0.369 e. The van der Waals surface area contributed by atoms with E-state index in [2.05, 4.69) is 30.6 Å². The number of allylic oxidation sites excluding steroid dienone is 2. The third-order valence-corrected chi connectivity index (χ3v) is 7.43. The number of fused-ring (bicyclic) bond motifs is 1. The Hall–Kier alpha value is -5.59. The summed E-state index contributed by atoms with van der Waals surface area (Å²) in [6.45, 7) is 1.91. The second kappa shape index (κ2) is 11.5. The van der Waals surface area contributed by atoms with Crippen LogP contribution >= 0.6 is 0 Å². The van der Waals surface area contributed by atoms with Crippen LogP contribution in [-0.4, -0.2) is 30.4 Å². The quantitative estimate of drug-likeness (QED) is 0.173. The van der Waals surface area contributed by atoms with Crippen LogP contribution in [0.4, 0.5) is 35.1 Å². The van der Waals surface area contributed by atoms with E-state index in [1.165, 1.54) is 30.6 Å². The van der Waals surface area contributed by atoms with Gasteiger partial charge in [0.05, 0.1) is 16.7 Å². The molecule has 0 bridgehead atoms. The van der Waals surface area contributed by atoms with E-state index in [1.807, 2.05) is 13.0 Å². The first-order valence-corrected chi connectivity index (χ1v) is 13.8. The van der Waals surface area contributed by atoms with Crippen LogP contribution in [0, 0.1) is 18.2 Å². The predicted molar refractivity (Wildman–Crippen MR) is 161 cm³/mol. The number of carbonyl (C=O) groups is 1. The Labute approximate surface area is 254 Å². The van der Waals surface area contributed by atoms with Crippen molar-refractivity contribution < 1.29 is 22.4 Å². The summed E-state index contributed by atoms with van der Waals surface area (Å²) in [5, 5.41) is 6.30. The molecule has 1 aliphatic rings. The van der Waals surface area contributed by atoms with Gasteiger partial charge in [-0.2, -0.15) is 23.1 Å². The molecule has 0 fully saturated rings. The van der Waals surface area contributed by atoms with E-state index in [4.69, 9.17) is 5.73 Å². The molecule has 0 aliphatic heterocycles. The minimum atomic E-state index is -4.51. The minimum absolute atomic E-state index is 0.0139. The standard InChI is InChI=1S/C32H26F4N8O/c1-19-8-9-25(38-17-19)41-30-42-27(26-28(43-30)44(18-39-26)24-7-3-6-22(33)15-24)40-23-10-12-31(13-11-23,29(37)45)16-20-4-2-5-21(14-20)32(34,35)36/h2-12,14-15,17-18H,13,16H2,1H3,(H2,37,45)(H2,38,40,41,42,43). The number of nitrogens with one attached hydrogen (secondary N) is 2. The fourth-order valence-corrected chi connectivity index (χ4v) is 5.04. The topological polar surface area (TPSA) is 124 Å². The van der Waals surface area contributed by atoms with Crippen molar-refractivity contribution in [3.05, 3.63) is 120 Å². The molecule has 5 aromatic rings. The summed E-state index contributed by atoms with van der Waals surface area (Å²) in [6, 6.07) is 14.5. The molecule has 4 N–H and O–H groups in total. The Balaban J connectivity index is 1.32. The zero-order chi connectivity index (χ0) is 31.8. The SMILES string of the molecule is Cc1ccc(Nc2nc(NC3=CCC(Cc4cccc(C(F)(F)F)c4)(C(N)=O)C=C3)c3ncn(-c4cccc(F)c4)c3n2)nc1. The van der Waals surface area contributed by atoms with Crippen LogP contribution in [0.5, 0.6) is 0 Å². The van der Waals surface area contributed by atoms with Crippen LogP contribution < -0.4 is 16.4 Å². The summed E-state index contributed by atoms with van der Waals surface area (Å²) in [4.78, 5) is 30.7. The summed E-state index contributed by atoms with van der Waals surface area (Å²) in [6.07, 6.45) is 3.75. The third kappa shape index (κ3) is 6.23. The number of primary amides is 1. The zero-order valence-corrected chi connectivity index (χ0v) is 23.8. The number of rotatable bonds is 8. The van der Waals surface area contributed by atoms with Gasteiger partial charge in [0.25, 0.3) is 0 Å². The number of nitrogens with two attached hydrogens (primary N) is 1. The van der Waals surface area contributed by atoms with Crippen molar-refractivity contribution in [1.82, 2.24) is 24.5 Å². The van der Waals surface area contributed by atoms with Gasteiger partial charge in [0.1, 0.15) is 18.0 Å². The number of anilines is 3. The van der Waals surface area contributed by atoms with Crippen LogP contribution in [0.15, 0.2) is 97.1 Å². The number of aromatic nitrogens is 5. The summed E-state index contributed by atoms with van der Waals surface area (Å²) in [5.41, 5.74) is 6.86. The van der Waals surface area contributed by atoms with E-state index < -0.39 is 28.9 Å². The van der Waals surface area contributed by atoms with Crippen molar-refractivity contribution in [3.8, 4) is 5.69 Å². The molecule has 0 spiro atoms. The summed E-state index contributed by atoms with van der Waals surface area (Å²) >= 11 is 0. The van der Waals surface area contributed by atoms with Gasteiger partial charge < -0.3 is 16.4 Å². The molecule has 1 atom stereocenters. The molecule has 1 aliphatic carbocycles. The van der Waals surface area contributed by atoms with Gasteiger partial charge in [0.15, 0.2) is 17.0 Å². The lowest BCUT2D eigenvalue weighted by atomic mass is 9.75. The second-order valence-corrected chi connectivity index (χ2v) is 10.7. The van der Waals surface area contributed by atoms with E-state index in [0.29, 0.717) is 39.7 Å². The maximum atomic E-state index is 14.1. The summed E-state index contributed by atoms with van der Waals surface area (Å²) < 4.78 is 55.6. The molecule has 9 nitrogen and oxygen atoms in total. The third-order valence-electron chi connectivity index (χ3n) is 7.43. The van der Waals surface area contributed by atoms with Gasteiger partial charge in [-0.05, 0) is 67.3 Å². The van der Waals surface area contributed by atoms with Crippen LogP contribution in [0.2, 0.25) is 0 Å². The number of pyridine rings is 1. The van der Waals surface area contributed by atoms with Crippen LogP contribution in [0.3, 0.4) is 0 Å². The van der Waals surface area contributed by atoms with E-state index in [9.17, 15) is 22.4 Å². The molecule has 13 heteroatoms. The van der Waals surface area contributed by atoms with Crippen molar-refractivity contribution in [1.29, 1.82) is 0 Å². The highest BCUT2D eigenvalue weighted by atomic mass is 19.4. The zero-order valence-electron chi connectivity index (χ0n) is 23.8. The summed E-state index contributed by atoms with van der Waals surface area (Å²) in [5.74, 6) is -0.0901. The average molecular weight is 615 g/mol. The van der Waals surface area contributed by atoms with Crippen molar-refractivity contribution in [2.24, 2.45) is 11.1 Å². The minimum Gasteiger partial charge on any atom is -0.369 e. The number of halogens is 4. The first-order chi connectivity index (χ1) is 21.5. The highest BCUT2D eigenvalue weighted by molar-refractivity contribution is 5.87. The molecular formula is C32H26F4N8O. The monoisotopic (exact) mass is 614 g/mol. The number of hydrogen-bond acceptors (Lipinski definition) is 7. The Morgan fingerprint density at radius 1 is 1.04 bits per heavy atom. The van der Waals surface area contributed by atoms with Gasteiger partial charge in [0, 0.05) is 11.9 Å². The highest BCUT2D eigenvalue weighted by Crippen LogP contribution is 2.36. The lowest BCUT2D eigenvalue weighted by Gasteiger charge is -2.29. The molecular weight excluding hydrogens is 588 g/mol. The normalized spacial score (nSPS) is 16.4. The number of aryl methyl sites for hydroxylation is 1. The lowest BCUT2D eigenvalue weighted by Crippen LogP contribution is -2.38. The van der Waals surface area contributed by atoms with Gasteiger partial charge in [-0.3, -0.25) is 9.36 Å². The molecule has 1 unspecified atom stereocenters. The van der Waals surface area contributed by atoms with Crippen molar-refractivity contribution >= 4 is 34.7 Å². The van der Waals surface area contributed by atoms with Crippen LogP contribution in [-0.2, 0) is 17.4 Å². The van der Waals surface area contributed by atoms with Crippen LogP contribution in [0.1, 0.15) is 23.1 Å². The predicted octanol–water partition coefficient (Wildman–Crippen LogP) is 6.39. The summed E-state index contributed by atoms with van der Waals surface area (Å²) in [7, 11) is 0. The van der Waals surface area contributed by atoms with E-state index in [1.54, 1.807) is 47.2 Å². The molecule has 228 valence electrons. The van der Waals surface area contributed by atoms with E-state index in [0.717, 1.165) is 17.7 Å². The fraction of sp³-hybridized carbons (Fsp3) is 0.156. The Morgan fingerprint density at radius 2 is 1.87 bits per heavy atom. The molecule has 2 aromatic carbocycles. The Morgan fingerprint density at radius 3 is 2.56 bits per heavy atom. The van der Waals surface area contributed by atoms with Crippen molar-refractivity contribution in [3.63, 3.8) is 0 Å². The van der Waals surface area contributed by atoms with Gasteiger partial charge in [-0.1, -0.05) is 42.5 Å². The Kier molecular flexibility index (Phi) is 7.52. The number of benzene rings is 2. The first kappa shape index (κ1) is 29.5. The lowest BCUT2D eigenvalue weighted by molar-refractivity contribution is -0.137. The van der Waals surface area contributed by atoms with Gasteiger partial charge in [-0.25, -0.2) is 14.4 Å². The average Bonchev–Trinajstić information content (AvgIpc) is 3.43. The number of hydrogen-bond donors (Lipinski definition) is 3. The molecule has 3 aromatic heterocycles. The number of imidazole rings is 1. The van der Waals surface area contributed by atoms with Gasteiger partial charge in [0.2, 0.25) is 11.9 Å². The number of amides is 1. The molecule has 0 radical (unpaired) electrons. The molecule has 6 rings (SSSR count). The molecule has 45 heavy (non-hydrogen) atoms. The van der Waals surface area contributed by atoms with Gasteiger partial charge >= 0.3 is 6.18 Å². The largest absolute Gasteiger partial charge is 0.416 e. The van der Waals surface area contributed by atoms with E-state index in [-0.39, 0.29) is 18.8 Å². The number of alkyl halides is 3. The molecule has 0 saturated heterocycles. The number of carbonyl (C=O) groups excluding carboxylic acids is 1. The maximum absolute atomic E-state index is 14.1. The maximum Gasteiger partial charge on any atom is 0.416 e. The number of nitrogens with zero attached hydrogens (tertiary/aromatic N) is 5. The van der Waals surface area contributed by atoms with Crippen LogP contribution in [0.25, 0.3) is 16.9 Å². The molecule has 1 amide bonds. The Bertz CT molecular complexity index is 1970. The first-order valence-electron chi connectivity index (χ1n) is 13.8. The molecule has 3 heterocycles. The van der Waals surface area contributed by atoms with Gasteiger partial charge in [-0.15, -0.1) is 0 Å². The van der Waals surface area contributed by atoms with Crippen molar-refractivity contribution in [2.45, 2.75) is 25.9 Å². The second-order valence-electron chi connectivity index (χ2n) is 10.7. The molecule has 0 saturated carbocycles.